The maximum absolute atomic E-state index is 6.12. The minimum absolute atomic E-state index is 0.0823. The van der Waals surface area contributed by atoms with E-state index >= 15 is 0 Å². The van der Waals surface area contributed by atoms with Crippen molar-refractivity contribution in [1.82, 2.24) is 9.63 Å². The van der Waals surface area contributed by atoms with Crippen LogP contribution in [0.25, 0.3) is 10.9 Å². The van der Waals surface area contributed by atoms with E-state index in [2.05, 4.69) is 61.8 Å². The molecule has 4 heteroatoms. The van der Waals surface area contributed by atoms with Gasteiger partial charge in [0.1, 0.15) is 0 Å². The Bertz CT molecular complexity index is 691. The second-order valence-corrected chi connectivity index (χ2v) is 7.41. The number of hydroxylamine groups is 2. The predicted octanol–water partition coefficient (Wildman–Crippen LogP) is 3.60. The number of hydrogen-bond donors (Lipinski definition) is 0. The van der Waals surface area contributed by atoms with Gasteiger partial charge in [-0.05, 0) is 19.9 Å². The second kappa shape index (κ2) is 4.03. The van der Waals surface area contributed by atoms with Crippen LogP contribution in [0.1, 0.15) is 25.5 Å². The summed E-state index contributed by atoms with van der Waals surface area (Å²) in [6.45, 7) is 4.43. The van der Waals surface area contributed by atoms with E-state index in [1.807, 2.05) is 11.8 Å². The molecule has 2 aliphatic heterocycles. The molecule has 0 bridgehead atoms. The Labute approximate surface area is 123 Å². The number of aryl methyl sites for hydroxylation is 1. The van der Waals surface area contributed by atoms with E-state index in [9.17, 15) is 0 Å². The number of fused-ring (bicyclic) bond motifs is 5. The van der Waals surface area contributed by atoms with Crippen molar-refractivity contribution < 1.29 is 4.84 Å². The number of hydrogen-bond acceptors (Lipinski definition) is 3. The lowest BCUT2D eigenvalue weighted by atomic mass is 9.83. The molecular formula is C16H20N2OS. The minimum atomic E-state index is -0.0823. The van der Waals surface area contributed by atoms with E-state index in [0.717, 1.165) is 5.75 Å². The fourth-order valence-corrected chi connectivity index (χ4v) is 5.43. The molecule has 0 amide bonds. The first-order valence-electron chi connectivity index (χ1n) is 7.13. The van der Waals surface area contributed by atoms with Crippen LogP contribution in [0, 0.1) is 5.92 Å². The van der Waals surface area contributed by atoms with E-state index in [-0.39, 0.29) is 5.60 Å². The molecule has 2 aromatic rings. The molecule has 3 heterocycles. The molecule has 20 heavy (non-hydrogen) atoms. The van der Waals surface area contributed by atoms with Gasteiger partial charge < -0.3 is 4.57 Å². The summed E-state index contributed by atoms with van der Waals surface area (Å²) >= 11 is 1.98. The molecule has 0 radical (unpaired) electrons. The third kappa shape index (κ3) is 1.50. The first-order valence-corrected chi connectivity index (χ1v) is 8.11. The standard InChI is InChI=1S/C16H20N2OS/c1-16(2)11-9-20-15-13(14(11)18(4)19-16)10-7-5-6-8-12(10)17(15)3/h5-8,11,14H,9H2,1-4H3/t11-,14-/m0/s1. The van der Waals surface area contributed by atoms with Gasteiger partial charge in [-0.3, -0.25) is 4.84 Å². The zero-order chi connectivity index (χ0) is 14.1. The molecule has 0 saturated carbocycles. The molecule has 1 fully saturated rings. The van der Waals surface area contributed by atoms with Gasteiger partial charge in [0.15, 0.2) is 0 Å². The van der Waals surface area contributed by atoms with Crippen molar-refractivity contribution in [3.63, 3.8) is 0 Å². The molecule has 0 unspecified atom stereocenters. The van der Waals surface area contributed by atoms with Crippen LogP contribution in [0.4, 0.5) is 0 Å². The molecule has 1 aromatic carbocycles. The molecule has 3 nitrogen and oxygen atoms in total. The fourth-order valence-electron chi connectivity index (χ4n) is 3.83. The number of benzene rings is 1. The van der Waals surface area contributed by atoms with E-state index in [4.69, 9.17) is 4.84 Å². The number of nitrogens with zero attached hydrogens (tertiary/aromatic N) is 2. The van der Waals surface area contributed by atoms with Gasteiger partial charge in [0, 0.05) is 42.2 Å². The topological polar surface area (TPSA) is 17.4 Å². The SMILES string of the molecule is CN1OC(C)(C)[C@H]2CSc3c(c4ccccc4n3C)[C@H]21. The lowest BCUT2D eigenvalue weighted by Gasteiger charge is -2.31. The maximum Gasteiger partial charge on any atom is 0.0899 e. The summed E-state index contributed by atoms with van der Waals surface area (Å²) in [4.78, 5) is 6.12. The van der Waals surface area contributed by atoms with Gasteiger partial charge in [0.2, 0.25) is 0 Å². The number of thioether (sulfide) groups is 1. The first-order chi connectivity index (χ1) is 9.50. The van der Waals surface area contributed by atoms with Gasteiger partial charge in [0.25, 0.3) is 0 Å². The Morgan fingerprint density at radius 3 is 2.80 bits per heavy atom. The van der Waals surface area contributed by atoms with Crippen LogP contribution in [-0.2, 0) is 11.9 Å². The molecule has 2 aliphatic rings. The summed E-state index contributed by atoms with van der Waals surface area (Å²) < 4.78 is 2.34. The summed E-state index contributed by atoms with van der Waals surface area (Å²) in [5, 5.41) is 4.86. The van der Waals surface area contributed by atoms with Crippen LogP contribution >= 0.6 is 11.8 Å². The van der Waals surface area contributed by atoms with Crippen LogP contribution in [-0.4, -0.2) is 28.0 Å². The van der Waals surface area contributed by atoms with Crippen molar-refractivity contribution in [2.24, 2.45) is 13.0 Å². The number of aromatic nitrogens is 1. The monoisotopic (exact) mass is 288 g/mol. The van der Waals surface area contributed by atoms with Gasteiger partial charge in [-0.2, -0.15) is 5.06 Å². The maximum atomic E-state index is 6.12. The Kier molecular flexibility index (Phi) is 2.57. The zero-order valence-electron chi connectivity index (χ0n) is 12.4. The molecule has 4 rings (SSSR count). The molecule has 1 saturated heterocycles. The van der Waals surface area contributed by atoms with Crippen LogP contribution < -0.4 is 0 Å². The zero-order valence-corrected chi connectivity index (χ0v) is 13.2. The quantitative estimate of drug-likeness (QED) is 0.737. The summed E-state index contributed by atoms with van der Waals surface area (Å²) in [5.41, 5.74) is 2.70. The van der Waals surface area contributed by atoms with Crippen molar-refractivity contribution >= 4 is 22.7 Å². The van der Waals surface area contributed by atoms with Gasteiger partial charge in [0.05, 0.1) is 16.7 Å². The van der Waals surface area contributed by atoms with Crippen LogP contribution in [0.5, 0.6) is 0 Å². The molecule has 0 aliphatic carbocycles. The molecule has 0 N–H and O–H groups in total. The lowest BCUT2D eigenvalue weighted by molar-refractivity contribution is -0.179. The van der Waals surface area contributed by atoms with E-state index in [0.29, 0.717) is 12.0 Å². The van der Waals surface area contributed by atoms with Gasteiger partial charge in [-0.25, -0.2) is 0 Å². The lowest BCUT2D eigenvalue weighted by Crippen LogP contribution is -2.33. The van der Waals surface area contributed by atoms with E-state index < -0.39 is 0 Å². The highest BCUT2D eigenvalue weighted by Gasteiger charge is 2.51. The Balaban J connectivity index is 1.99. The smallest absolute Gasteiger partial charge is 0.0899 e. The van der Waals surface area contributed by atoms with Crippen molar-refractivity contribution in [1.29, 1.82) is 0 Å². The van der Waals surface area contributed by atoms with Crippen LogP contribution in [0.2, 0.25) is 0 Å². The Morgan fingerprint density at radius 2 is 2.00 bits per heavy atom. The third-order valence-electron chi connectivity index (χ3n) is 4.83. The van der Waals surface area contributed by atoms with Gasteiger partial charge in [-0.1, -0.05) is 18.2 Å². The molecule has 0 spiro atoms. The van der Waals surface area contributed by atoms with Crippen molar-refractivity contribution in [2.75, 3.05) is 12.8 Å². The molecule has 1 aromatic heterocycles. The molecule has 2 atom stereocenters. The van der Waals surface area contributed by atoms with Crippen molar-refractivity contribution in [3.05, 3.63) is 29.8 Å². The van der Waals surface area contributed by atoms with Gasteiger partial charge >= 0.3 is 0 Å². The third-order valence-corrected chi connectivity index (χ3v) is 6.12. The Hall–Kier alpha value is -0.970. The molecular weight excluding hydrogens is 268 g/mol. The average molecular weight is 288 g/mol. The van der Waals surface area contributed by atoms with Crippen LogP contribution in [0.3, 0.4) is 0 Å². The van der Waals surface area contributed by atoms with E-state index in [1.54, 1.807) is 0 Å². The van der Waals surface area contributed by atoms with Crippen molar-refractivity contribution in [2.45, 2.75) is 30.5 Å². The summed E-state index contributed by atoms with van der Waals surface area (Å²) in [6, 6.07) is 9.08. The average Bonchev–Trinajstić information content (AvgIpc) is 2.84. The highest BCUT2D eigenvalue weighted by Crippen LogP contribution is 2.54. The number of para-hydroxylation sites is 1. The fraction of sp³-hybridized carbons (Fsp3) is 0.500. The highest BCUT2D eigenvalue weighted by molar-refractivity contribution is 7.99. The largest absolute Gasteiger partial charge is 0.339 e. The molecule has 106 valence electrons. The van der Waals surface area contributed by atoms with Crippen molar-refractivity contribution in [3.8, 4) is 0 Å². The second-order valence-electron chi connectivity index (χ2n) is 6.40. The highest BCUT2D eigenvalue weighted by atomic mass is 32.2. The summed E-state index contributed by atoms with van der Waals surface area (Å²) in [6.07, 6.45) is 0. The number of rotatable bonds is 0. The van der Waals surface area contributed by atoms with E-state index in [1.165, 1.54) is 21.5 Å². The summed E-state index contributed by atoms with van der Waals surface area (Å²) in [5.74, 6) is 1.66. The minimum Gasteiger partial charge on any atom is -0.339 e. The van der Waals surface area contributed by atoms with Crippen LogP contribution in [0.15, 0.2) is 29.3 Å². The normalized spacial score (nSPS) is 28.6. The summed E-state index contributed by atoms with van der Waals surface area (Å²) in [7, 11) is 4.25. The first kappa shape index (κ1) is 12.7. The predicted molar refractivity (Wildman–Crippen MR) is 82.8 cm³/mol. The Morgan fingerprint density at radius 1 is 1.25 bits per heavy atom. The van der Waals surface area contributed by atoms with Gasteiger partial charge in [-0.15, -0.1) is 11.8 Å².